The van der Waals surface area contributed by atoms with Gasteiger partial charge >= 0.3 is 0 Å². The van der Waals surface area contributed by atoms with Crippen molar-refractivity contribution in [2.75, 3.05) is 43.4 Å². The molecule has 2 rings (SSSR count). The van der Waals surface area contributed by atoms with Gasteiger partial charge in [0.25, 0.3) is 0 Å². The quantitative estimate of drug-likeness (QED) is 0.614. The highest BCUT2D eigenvalue weighted by Crippen LogP contribution is 2.19. The second-order valence-corrected chi connectivity index (χ2v) is 6.10. The highest BCUT2D eigenvalue weighted by atomic mass is 32.1. The van der Waals surface area contributed by atoms with Crippen molar-refractivity contribution in [3.63, 3.8) is 0 Å². The largest absolute Gasteiger partial charge is 0.346 e. The zero-order chi connectivity index (χ0) is 12.6. The summed E-state index contributed by atoms with van der Waals surface area (Å²) in [7, 11) is 0. The van der Waals surface area contributed by atoms with Gasteiger partial charge in [0.15, 0.2) is 5.13 Å². The second-order valence-electron chi connectivity index (χ2n) is 4.78. The molecule has 1 aromatic heterocycles. The topological polar surface area (TPSA) is 19.4 Å². The predicted molar refractivity (Wildman–Crippen MR) is 83.1 cm³/mol. The third-order valence-corrected chi connectivity index (χ3v) is 4.59. The number of aromatic nitrogens is 1. The third kappa shape index (κ3) is 4.44. The first-order valence-electron chi connectivity index (χ1n) is 6.88. The number of nitrogens with zero attached hydrogens (tertiary/aromatic N) is 3. The van der Waals surface area contributed by atoms with Crippen LogP contribution in [0.4, 0.5) is 5.13 Å². The van der Waals surface area contributed by atoms with Crippen LogP contribution in [-0.4, -0.2) is 48.4 Å². The van der Waals surface area contributed by atoms with Crippen molar-refractivity contribution in [1.29, 1.82) is 0 Å². The Hall–Kier alpha value is -0.260. The summed E-state index contributed by atoms with van der Waals surface area (Å²) in [4.78, 5) is 9.37. The molecule has 1 aliphatic heterocycles. The van der Waals surface area contributed by atoms with E-state index in [4.69, 9.17) is 0 Å². The smallest absolute Gasteiger partial charge is 0.185 e. The van der Waals surface area contributed by atoms with E-state index in [0.717, 1.165) is 18.8 Å². The Morgan fingerprint density at radius 3 is 2.56 bits per heavy atom. The van der Waals surface area contributed by atoms with E-state index in [1.165, 1.54) is 50.4 Å². The van der Waals surface area contributed by atoms with E-state index in [1.807, 2.05) is 6.20 Å². The van der Waals surface area contributed by atoms with E-state index in [-0.39, 0.29) is 0 Å². The molecule has 5 heteroatoms. The molecule has 1 aromatic rings. The SMILES string of the molecule is SCCCCCCN1CCN(c2nccs2)CC1. The van der Waals surface area contributed by atoms with Crippen LogP contribution in [0.15, 0.2) is 11.6 Å². The molecule has 0 amide bonds. The molecule has 0 radical (unpaired) electrons. The Bertz CT molecular complexity index is 308. The maximum absolute atomic E-state index is 4.38. The Kier molecular flexibility index (Phi) is 6.31. The summed E-state index contributed by atoms with van der Waals surface area (Å²) in [6.07, 6.45) is 7.19. The first-order chi connectivity index (χ1) is 8.90. The molecule has 0 aliphatic carbocycles. The number of piperazine rings is 1. The number of hydrogen-bond donors (Lipinski definition) is 1. The second kappa shape index (κ2) is 8.02. The highest BCUT2D eigenvalue weighted by Gasteiger charge is 2.17. The van der Waals surface area contributed by atoms with E-state index in [9.17, 15) is 0 Å². The molecule has 2 heterocycles. The number of rotatable bonds is 7. The Labute approximate surface area is 120 Å². The van der Waals surface area contributed by atoms with Crippen LogP contribution < -0.4 is 4.90 Å². The molecule has 3 nitrogen and oxygen atoms in total. The van der Waals surface area contributed by atoms with Gasteiger partial charge in [0.05, 0.1) is 0 Å². The molecule has 0 spiro atoms. The van der Waals surface area contributed by atoms with Crippen molar-refractivity contribution in [3.8, 4) is 0 Å². The summed E-state index contributed by atoms with van der Waals surface area (Å²) >= 11 is 5.99. The van der Waals surface area contributed by atoms with Crippen molar-refractivity contribution in [2.24, 2.45) is 0 Å². The first-order valence-corrected chi connectivity index (χ1v) is 8.39. The first kappa shape index (κ1) is 14.2. The number of thiazole rings is 1. The zero-order valence-electron chi connectivity index (χ0n) is 10.9. The zero-order valence-corrected chi connectivity index (χ0v) is 12.6. The van der Waals surface area contributed by atoms with Gasteiger partial charge in [-0.25, -0.2) is 4.98 Å². The van der Waals surface area contributed by atoms with E-state index in [0.29, 0.717) is 0 Å². The summed E-state index contributed by atoms with van der Waals surface area (Å²) < 4.78 is 0. The van der Waals surface area contributed by atoms with Crippen LogP contribution in [0.25, 0.3) is 0 Å². The van der Waals surface area contributed by atoms with Crippen LogP contribution in [0.3, 0.4) is 0 Å². The van der Waals surface area contributed by atoms with Gasteiger partial charge in [-0.2, -0.15) is 12.6 Å². The third-order valence-electron chi connectivity index (χ3n) is 3.44. The molecule has 0 bridgehead atoms. The maximum atomic E-state index is 4.38. The van der Waals surface area contributed by atoms with Gasteiger partial charge in [0.1, 0.15) is 0 Å². The standard InChI is InChI=1S/C13H23N3S2/c17-11-4-2-1-3-6-15-7-9-16(10-8-15)13-14-5-12-18-13/h5,12,17H,1-4,6-11H2. The molecule has 18 heavy (non-hydrogen) atoms. The Balaban J connectivity index is 1.59. The number of hydrogen-bond acceptors (Lipinski definition) is 5. The molecule has 1 fully saturated rings. The average Bonchev–Trinajstić information content (AvgIpc) is 2.93. The van der Waals surface area contributed by atoms with Crippen LogP contribution in [0.2, 0.25) is 0 Å². The normalized spacial score (nSPS) is 17.3. The van der Waals surface area contributed by atoms with E-state index < -0.39 is 0 Å². The van der Waals surface area contributed by atoms with E-state index in [1.54, 1.807) is 11.3 Å². The number of anilines is 1. The average molecular weight is 285 g/mol. The summed E-state index contributed by atoms with van der Waals surface area (Å²) in [5.74, 6) is 1.03. The molecular weight excluding hydrogens is 262 g/mol. The highest BCUT2D eigenvalue weighted by molar-refractivity contribution is 7.80. The van der Waals surface area contributed by atoms with Gasteiger partial charge in [0.2, 0.25) is 0 Å². The van der Waals surface area contributed by atoms with Gasteiger partial charge < -0.3 is 4.90 Å². The minimum atomic E-state index is 1.03. The molecule has 1 saturated heterocycles. The van der Waals surface area contributed by atoms with Crippen LogP contribution in [0, 0.1) is 0 Å². The molecule has 102 valence electrons. The minimum Gasteiger partial charge on any atom is -0.346 e. The molecular formula is C13H23N3S2. The summed E-state index contributed by atoms with van der Waals surface area (Å²) in [5, 5.41) is 3.24. The van der Waals surface area contributed by atoms with Crippen LogP contribution in [0.5, 0.6) is 0 Å². The Morgan fingerprint density at radius 2 is 1.89 bits per heavy atom. The van der Waals surface area contributed by atoms with Gasteiger partial charge in [-0.05, 0) is 25.1 Å². The fourth-order valence-corrected chi connectivity index (χ4v) is 3.26. The lowest BCUT2D eigenvalue weighted by Crippen LogP contribution is -2.46. The van der Waals surface area contributed by atoms with Gasteiger partial charge in [-0.15, -0.1) is 11.3 Å². The van der Waals surface area contributed by atoms with Crippen molar-refractivity contribution in [1.82, 2.24) is 9.88 Å². The van der Waals surface area contributed by atoms with Crippen LogP contribution in [-0.2, 0) is 0 Å². The molecule has 0 atom stereocenters. The molecule has 0 saturated carbocycles. The van der Waals surface area contributed by atoms with Crippen molar-refractivity contribution in [2.45, 2.75) is 25.7 Å². The fraction of sp³-hybridized carbons (Fsp3) is 0.769. The lowest BCUT2D eigenvalue weighted by Gasteiger charge is -2.34. The molecule has 0 aromatic carbocycles. The van der Waals surface area contributed by atoms with Gasteiger partial charge in [-0.3, -0.25) is 4.90 Å². The van der Waals surface area contributed by atoms with Crippen molar-refractivity contribution in [3.05, 3.63) is 11.6 Å². The summed E-state index contributed by atoms with van der Waals surface area (Å²) in [6.45, 7) is 5.89. The number of unbranched alkanes of at least 4 members (excludes halogenated alkanes) is 3. The molecule has 0 unspecified atom stereocenters. The maximum Gasteiger partial charge on any atom is 0.185 e. The summed E-state index contributed by atoms with van der Waals surface area (Å²) in [6, 6.07) is 0. The monoisotopic (exact) mass is 285 g/mol. The fourth-order valence-electron chi connectivity index (χ4n) is 2.34. The number of thiol groups is 1. The summed E-state index contributed by atoms with van der Waals surface area (Å²) in [5.41, 5.74) is 0. The lowest BCUT2D eigenvalue weighted by molar-refractivity contribution is 0.252. The minimum absolute atomic E-state index is 1.03. The Morgan fingerprint density at radius 1 is 1.11 bits per heavy atom. The van der Waals surface area contributed by atoms with E-state index in [2.05, 4.69) is 32.8 Å². The van der Waals surface area contributed by atoms with Crippen molar-refractivity contribution >= 4 is 29.1 Å². The molecule has 1 aliphatic rings. The van der Waals surface area contributed by atoms with Crippen molar-refractivity contribution < 1.29 is 0 Å². The van der Waals surface area contributed by atoms with Gasteiger partial charge in [0, 0.05) is 37.8 Å². The van der Waals surface area contributed by atoms with E-state index >= 15 is 0 Å². The van der Waals surface area contributed by atoms with Gasteiger partial charge in [-0.1, -0.05) is 12.8 Å². The lowest BCUT2D eigenvalue weighted by atomic mass is 10.2. The van der Waals surface area contributed by atoms with Crippen LogP contribution >= 0.6 is 24.0 Å². The van der Waals surface area contributed by atoms with Crippen LogP contribution in [0.1, 0.15) is 25.7 Å². The molecule has 0 N–H and O–H groups in total. The predicted octanol–water partition coefficient (Wildman–Crippen LogP) is 2.76.